The number of aromatic amines is 6. The van der Waals surface area contributed by atoms with Crippen molar-refractivity contribution < 1.29 is 54.4 Å². The molecule has 0 amide bonds. The van der Waals surface area contributed by atoms with Crippen LogP contribution in [0.2, 0.25) is 5.02 Å². The Labute approximate surface area is 809 Å². The van der Waals surface area contributed by atoms with Crippen molar-refractivity contribution in [1.29, 1.82) is 0 Å². The second kappa shape index (κ2) is 44.2. The molecule has 7 fully saturated rings. The van der Waals surface area contributed by atoms with Gasteiger partial charge >= 0.3 is 12.5 Å². The molecule has 4 aliphatic heterocycles. The van der Waals surface area contributed by atoms with Gasteiger partial charge in [0.1, 0.15) is 78.8 Å². The van der Waals surface area contributed by atoms with Gasteiger partial charge in [-0.25, -0.2) is 62.4 Å². The van der Waals surface area contributed by atoms with E-state index >= 15 is 0 Å². The van der Waals surface area contributed by atoms with Gasteiger partial charge in [-0.1, -0.05) is 145 Å². The van der Waals surface area contributed by atoms with Gasteiger partial charge in [-0.05, 0) is 110 Å². The molecule has 3 aromatic carbocycles. The summed E-state index contributed by atoms with van der Waals surface area (Å²) >= 11 is 5.80. The van der Waals surface area contributed by atoms with E-state index in [1.807, 2.05) is 26.2 Å². The summed E-state index contributed by atoms with van der Waals surface area (Å²) in [5.41, 5.74) is 4.05. The highest BCUT2D eigenvalue weighted by Gasteiger charge is 2.35. The van der Waals surface area contributed by atoms with Gasteiger partial charge in [0, 0.05) is 82.9 Å². The number of para-hydroxylation sites is 1. The maximum Gasteiger partial charge on any atom is 0.573 e. The predicted octanol–water partition coefficient (Wildman–Crippen LogP) is 15.4. The molecule has 44 heteroatoms. The van der Waals surface area contributed by atoms with Crippen LogP contribution in [0, 0.1) is 17.7 Å². The summed E-state index contributed by atoms with van der Waals surface area (Å²) in [6.45, 7) is 9.39. The molecule has 23 rings (SSSR count). The third kappa shape index (κ3) is 23.4. The number of aromatic nitrogens is 25. The largest absolute Gasteiger partial charge is 0.573 e. The van der Waals surface area contributed by atoms with Crippen molar-refractivity contribution in [2.24, 2.45) is 11.8 Å². The maximum atomic E-state index is 13.3. The van der Waals surface area contributed by atoms with Gasteiger partial charge in [-0.2, -0.15) is 43.8 Å². The van der Waals surface area contributed by atoms with Crippen molar-refractivity contribution in [3.8, 4) is 5.75 Å². The lowest BCUT2D eigenvalue weighted by atomic mass is 9.87. The third-order valence-electron chi connectivity index (χ3n) is 26.9. The van der Waals surface area contributed by atoms with Crippen LogP contribution in [0.5, 0.6) is 5.75 Å². The van der Waals surface area contributed by atoms with E-state index in [4.69, 9.17) is 35.5 Å². The SMILES string of the molecule is CCC(CC)Cc1nc2c(cnn2C2CCOC2)c(=O)[nH]1.O=c1[nH]c(CC2CCCCC2)nc2c1cnn2C1CCCC1.O=c1[nH]c(Cc2ccc(F)c(Cl)c2)nc2c1cnn2C1CCOC1.O=c1[nH]c(Cc2cccc(C(F)(F)F)c2)nc2c1cnn2C1CCCC1.O=c1[nH]c(Cc2ccccc2OC(F)(F)F)nc2c1cnn2C1CCOC1.O=c1[nH]c(Cc2cccnc2)nc2c1cnn2C1CCOC1. The highest BCUT2D eigenvalue weighted by molar-refractivity contribution is 6.30. The van der Waals surface area contributed by atoms with Gasteiger partial charge in [-0.3, -0.25) is 33.8 Å². The first-order valence-corrected chi connectivity index (χ1v) is 48.6. The number of fused-ring (bicyclic) bond motifs is 6. The minimum atomic E-state index is -4.80. The van der Waals surface area contributed by atoms with Crippen LogP contribution >= 0.6 is 11.6 Å². The highest BCUT2D eigenvalue weighted by atomic mass is 35.5. The summed E-state index contributed by atoms with van der Waals surface area (Å²) in [6, 6.07) is 20.1. The van der Waals surface area contributed by atoms with E-state index in [0.29, 0.717) is 154 Å². The number of H-pyrrole nitrogens is 6. The Morgan fingerprint density at radius 2 is 0.761 bits per heavy atom. The molecule has 0 radical (unpaired) electrons. The maximum absolute atomic E-state index is 13.3. The molecule has 6 N–H and O–H groups in total. The average molecular weight is 1980 g/mol. The molecular weight excluding hydrogens is 1870 g/mol. The highest BCUT2D eigenvalue weighted by Crippen LogP contribution is 2.37. The first kappa shape index (κ1) is 98.5. The van der Waals surface area contributed by atoms with Crippen LogP contribution in [0.15, 0.2) is 157 Å². The summed E-state index contributed by atoms with van der Waals surface area (Å²) < 4.78 is 126. The topological polar surface area (TPSA) is 440 Å². The smallest absolute Gasteiger partial charge is 0.405 e. The second-order valence-electron chi connectivity index (χ2n) is 36.7. The molecule has 3 aliphatic carbocycles. The minimum Gasteiger partial charge on any atom is -0.405 e. The van der Waals surface area contributed by atoms with E-state index in [-0.39, 0.29) is 93.0 Å². The summed E-state index contributed by atoms with van der Waals surface area (Å²) in [7, 11) is 0. The minimum absolute atomic E-state index is 0.0227. The predicted molar refractivity (Wildman–Crippen MR) is 511 cm³/mol. The van der Waals surface area contributed by atoms with Crippen molar-refractivity contribution in [2.45, 2.75) is 223 Å². The molecule has 7 aliphatic rings. The molecule has 36 nitrogen and oxygen atoms in total. The zero-order valence-electron chi connectivity index (χ0n) is 78.1. The first-order valence-electron chi connectivity index (χ1n) is 48.2. The Morgan fingerprint density at radius 3 is 1.15 bits per heavy atom. The number of alkyl halides is 6. The van der Waals surface area contributed by atoms with Crippen molar-refractivity contribution in [3.63, 3.8) is 0 Å². The van der Waals surface area contributed by atoms with Gasteiger partial charge in [0.25, 0.3) is 33.4 Å². The quantitative estimate of drug-likeness (QED) is 0.0364. The van der Waals surface area contributed by atoms with E-state index in [2.05, 4.69) is 109 Å². The molecule has 3 saturated carbocycles. The number of hydrogen-bond acceptors (Lipinski definition) is 24. The Hall–Kier alpha value is -13.7. The van der Waals surface area contributed by atoms with Gasteiger partial charge < -0.3 is 53.6 Å². The lowest BCUT2D eigenvalue weighted by Crippen LogP contribution is -2.19. The van der Waals surface area contributed by atoms with Crippen LogP contribution in [-0.4, -0.2) is 183 Å². The van der Waals surface area contributed by atoms with Crippen molar-refractivity contribution in [3.05, 3.63) is 264 Å². The van der Waals surface area contributed by atoms with Crippen LogP contribution in [0.3, 0.4) is 0 Å². The van der Waals surface area contributed by atoms with Gasteiger partial charge in [0.2, 0.25) is 0 Å². The molecule has 16 aromatic rings. The molecule has 0 spiro atoms. The van der Waals surface area contributed by atoms with Gasteiger partial charge in [-0.15, -0.1) is 13.2 Å². The number of hydrogen-bond donors (Lipinski definition) is 6. The number of nitrogens with one attached hydrogen (secondary N) is 6. The molecule has 0 bridgehead atoms. The fourth-order valence-electron chi connectivity index (χ4n) is 19.3. The van der Waals surface area contributed by atoms with E-state index < -0.39 is 29.5 Å². The van der Waals surface area contributed by atoms with Crippen LogP contribution in [0.4, 0.5) is 30.7 Å². The molecule has 13 aromatic heterocycles. The van der Waals surface area contributed by atoms with Crippen molar-refractivity contribution >= 4 is 77.8 Å². The molecule has 4 unspecified atom stereocenters. The van der Waals surface area contributed by atoms with E-state index in [0.717, 1.165) is 144 Å². The Bertz CT molecular complexity index is 7460. The summed E-state index contributed by atoms with van der Waals surface area (Å²) in [6.07, 6.45) is 27.5. The number of nitrogens with zero attached hydrogens (tertiary/aromatic N) is 19. The lowest BCUT2D eigenvalue weighted by Gasteiger charge is -2.20. The van der Waals surface area contributed by atoms with E-state index in [1.165, 1.54) is 99.9 Å². The van der Waals surface area contributed by atoms with Gasteiger partial charge in [0.15, 0.2) is 33.9 Å². The fraction of sp³-hybridized carbons (Fsp3) is 0.459. The normalized spacial score (nSPS) is 18.0. The number of pyridine rings is 1. The van der Waals surface area contributed by atoms with E-state index in [9.17, 15) is 59.5 Å². The number of ether oxygens (including phenoxy) is 5. The molecule has 4 atom stereocenters. The monoisotopic (exact) mass is 1980 g/mol. The van der Waals surface area contributed by atoms with Crippen LogP contribution < -0.4 is 38.1 Å². The van der Waals surface area contributed by atoms with Gasteiger partial charge in [0.05, 0.1) is 110 Å². The van der Waals surface area contributed by atoms with Crippen LogP contribution in [0.1, 0.15) is 235 Å². The number of rotatable bonds is 21. The standard InChI is InChI=1S/C18H17F3N4O.C17H15F3N4O3.C17H24N4O.C16H14ClFN4O2.C15H15N5O2.C15H22N4O2/c19-18(20,21)12-5-3-4-11(8-12)9-15-23-16-14(17(26)24-15)10-22-25(16)13-6-1-2-7-13;18-17(19,20)27-13-4-2-1-3-10(13)7-14-22-15-12(16(25)23-14)8-21-24(15)11-5-6-26-9-11;22-17-14-11-18-21(13-8-4-5-9-13)16(14)19-15(20-17)10-12-6-2-1-3-7-12;17-12-5-9(1-2-13(12)18)6-14-20-15-11(16(23)21-14)7-19-22(15)10-3-4-24-8-10;21-15-12-8-17-20(11-3-5-22-9-11)14(12)18-13(19-15)6-10-2-1-4-16-7-10;1-3-10(4-2)7-13-17-14-12(15(20)18-13)8-16-19(14)11-5-6-21-9-11/h3-5,8,10,13H,1-2,6-7,9H2,(H,23,24,26);1-4,8,11H,5-7,9H2,(H,22,23,25);11-13H,1-10H2,(H,19,20,22);1-2,5,7,10H,3-4,6,8H2,(H,20,21,23);1-2,4,7-8,11H,3,5-6,9H2,(H,18,19,21);8,10-11H,3-7,9H2,1-2H3,(H,17,18,20). The molecule has 746 valence electrons. The Morgan fingerprint density at radius 1 is 0.394 bits per heavy atom. The lowest BCUT2D eigenvalue weighted by molar-refractivity contribution is -0.274. The average Bonchev–Trinajstić information content (AvgIpc) is 1.67. The molecule has 17 heterocycles. The molecule has 142 heavy (non-hydrogen) atoms. The molecule has 4 saturated heterocycles. The third-order valence-corrected chi connectivity index (χ3v) is 27.2. The zero-order valence-corrected chi connectivity index (χ0v) is 78.8. The summed E-state index contributed by atoms with van der Waals surface area (Å²) in [5.74, 6) is 3.71. The van der Waals surface area contributed by atoms with Crippen molar-refractivity contribution in [1.82, 2.24) is 123 Å². The Balaban J connectivity index is 0.000000113. The second-order valence-corrected chi connectivity index (χ2v) is 37.2. The Kier molecular flexibility index (Phi) is 30.7. The van der Waals surface area contributed by atoms with Crippen molar-refractivity contribution in [2.75, 3.05) is 52.9 Å². The van der Waals surface area contributed by atoms with Crippen LogP contribution in [0.25, 0.3) is 66.2 Å². The fourth-order valence-corrected chi connectivity index (χ4v) is 19.5. The number of halogens is 8. The summed E-state index contributed by atoms with van der Waals surface area (Å²) in [4.78, 5) is 122. The van der Waals surface area contributed by atoms with Crippen LogP contribution in [-0.2, 0) is 63.6 Å². The summed E-state index contributed by atoms with van der Waals surface area (Å²) in [5, 5.41) is 28.9. The van der Waals surface area contributed by atoms with E-state index in [1.54, 1.807) is 63.2 Å². The first-order chi connectivity index (χ1) is 68.8. The zero-order chi connectivity index (χ0) is 98.7. The molecular formula is C98H107ClF7N25O11. The number of benzene rings is 3.